The number of carbonyl (C=O) groups is 1. The van der Waals surface area contributed by atoms with Crippen LogP contribution in [0.4, 0.5) is 0 Å². The molecule has 0 N–H and O–H groups in total. The number of hydrogen-bond donors (Lipinski definition) is 0. The molecule has 2 aromatic heterocycles. The maximum atomic E-state index is 12.4. The summed E-state index contributed by atoms with van der Waals surface area (Å²) in [5.41, 5.74) is 0.725. The summed E-state index contributed by atoms with van der Waals surface area (Å²) in [6.45, 7) is 0. The summed E-state index contributed by atoms with van der Waals surface area (Å²) >= 11 is 0. The van der Waals surface area contributed by atoms with Crippen LogP contribution in [0.1, 0.15) is 42.7 Å². The van der Waals surface area contributed by atoms with Crippen molar-refractivity contribution >= 4 is 12.0 Å². The minimum absolute atomic E-state index is 0.119. The normalized spacial score (nSPS) is 17.2. The lowest BCUT2D eigenvalue weighted by Crippen LogP contribution is -2.27. The van der Waals surface area contributed by atoms with E-state index in [1.165, 1.54) is 25.3 Å². The van der Waals surface area contributed by atoms with Gasteiger partial charge < -0.3 is 4.42 Å². The smallest absolute Gasteiger partial charge is 0.256 e. The molecule has 4 nitrogen and oxygen atoms in total. The van der Waals surface area contributed by atoms with E-state index in [1.54, 1.807) is 29.2 Å². The van der Waals surface area contributed by atoms with Gasteiger partial charge in [-0.1, -0.05) is 25.3 Å². The summed E-state index contributed by atoms with van der Waals surface area (Å²) in [5.74, 6) is 0.544. The van der Waals surface area contributed by atoms with Crippen LogP contribution in [-0.4, -0.2) is 16.5 Å². The fourth-order valence-electron chi connectivity index (χ4n) is 2.74. The fourth-order valence-corrected chi connectivity index (χ4v) is 2.74. The molecule has 0 atom stereocenters. The van der Waals surface area contributed by atoms with Gasteiger partial charge in [0.25, 0.3) is 5.91 Å². The molecule has 2 aromatic rings. The Morgan fingerprint density at radius 2 is 2.05 bits per heavy atom. The Morgan fingerprint density at radius 1 is 1.18 bits per heavy atom. The topological polar surface area (TPSA) is 47.5 Å². The molecular weight excluding hydrogens is 276 g/mol. The predicted octanol–water partition coefficient (Wildman–Crippen LogP) is 3.67. The van der Waals surface area contributed by atoms with E-state index in [1.807, 2.05) is 24.3 Å². The molecule has 0 bridgehead atoms. The lowest BCUT2D eigenvalue weighted by atomic mass is 9.96. The summed E-state index contributed by atoms with van der Waals surface area (Å²) < 4.78 is 6.79. The molecule has 1 fully saturated rings. The number of pyridine rings is 1. The number of furan rings is 1. The van der Waals surface area contributed by atoms with Crippen LogP contribution in [0.15, 0.2) is 58.3 Å². The summed E-state index contributed by atoms with van der Waals surface area (Å²) in [5, 5.41) is 0. The summed E-state index contributed by atoms with van der Waals surface area (Å²) in [4.78, 5) is 17.1. The van der Waals surface area contributed by atoms with Crippen molar-refractivity contribution in [3.8, 4) is 0 Å². The minimum Gasteiger partial charge on any atom is -0.465 e. The standard InChI is InChI=1S/C18H20N2O2/c21-18(12-11-16-9-6-14-22-16)20-13-5-4-10-17(20)19-15-7-2-1-3-8-15/h4-6,9-15H,1-3,7-8H2/b12-11+,19-17?. The fraction of sp³-hybridized carbons (Fsp3) is 0.333. The van der Waals surface area contributed by atoms with Crippen molar-refractivity contribution in [1.82, 2.24) is 4.57 Å². The number of aromatic nitrogens is 1. The summed E-state index contributed by atoms with van der Waals surface area (Å²) in [6.07, 6.45) is 12.5. The van der Waals surface area contributed by atoms with Gasteiger partial charge in [-0.2, -0.15) is 0 Å². The van der Waals surface area contributed by atoms with Crippen molar-refractivity contribution in [3.63, 3.8) is 0 Å². The third kappa shape index (κ3) is 3.64. The van der Waals surface area contributed by atoms with Gasteiger partial charge in [-0.05, 0) is 43.2 Å². The molecule has 22 heavy (non-hydrogen) atoms. The minimum atomic E-state index is -0.119. The van der Waals surface area contributed by atoms with Crippen LogP contribution in [-0.2, 0) is 0 Å². The molecule has 1 aliphatic rings. The Hall–Kier alpha value is -2.36. The highest BCUT2D eigenvalue weighted by molar-refractivity contribution is 5.93. The second kappa shape index (κ2) is 7.07. The van der Waals surface area contributed by atoms with Gasteiger partial charge in [0.2, 0.25) is 0 Å². The van der Waals surface area contributed by atoms with E-state index < -0.39 is 0 Å². The quantitative estimate of drug-likeness (QED) is 0.811. The molecule has 0 aromatic carbocycles. The second-order valence-electron chi connectivity index (χ2n) is 5.54. The first-order valence-corrected chi connectivity index (χ1v) is 7.80. The first-order valence-electron chi connectivity index (χ1n) is 7.80. The molecule has 0 radical (unpaired) electrons. The molecule has 0 saturated heterocycles. The molecule has 0 aliphatic heterocycles. The molecule has 0 amide bonds. The zero-order chi connectivity index (χ0) is 15.2. The first-order chi connectivity index (χ1) is 10.8. The Labute approximate surface area is 129 Å². The van der Waals surface area contributed by atoms with Crippen molar-refractivity contribution in [2.75, 3.05) is 0 Å². The van der Waals surface area contributed by atoms with Gasteiger partial charge in [0, 0.05) is 12.3 Å². The number of allylic oxidation sites excluding steroid dienone is 1. The zero-order valence-electron chi connectivity index (χ0n) is 12.5. The number of carbonyl (C=O) groups excluding carboxylic acids is 1. The number of nitrogens with zero attached hydrogens (tertiary/aromatic N) is 2. The largest absolute Gasteiger partial charge is 0.465 e. The monoisotopic (exact) mass is 296 g/mol. The van der Waals surface area contributed by atoms with Crippen molar-refractivity contribution in [2.24, 2.45) is 4.99 Å². The first kappa shape index (κ1) is 14.6. The average Bonchev–Trinajstić information content (AvgIpc) is 3.08. The van der Waals surface area contributed by atoms with Crippen molar-refractivity contribution in [2.45, 2.75) is 38.1 Å². The van der Waals surface area contributed by atoms with Crippen LogP contribution in [0, 0.1) is 0 Å². The molecule has 0 spiro atoms. The summed E-state index contributed by atoms with van der Waals surface area (Å²) in [6, 6.07) is 9.60. The van der Waals surface area contributed by atoms with Crippen LogP contribution >= 0.6 is 0 Å². The zero-order valence-corrected chi connectivity index (χ0v) is 12.5. The highest BCUT2D eigenvalue weighted by atomic mass is 16.3. The maximum absolute atomic E-state index is 12.4. The molecular formula is C18H20N2O2. The molecule has 114 valence electrons. The molecule has 0 unspecified atom stereocenters. The SMILES string of the molecule is O=C(/C=C/c1ccco1)n1ccccc1=NC1CCCCC1. The van der Waals surface area contributed by atoms with Gasteiger partial charge >= 0.3 is 0 Å². The van der Waals surface area contributed by atoms with E-state index in [-0.39, 0.29) is 5.91 Å². The van der Waals surface area contributed by atoms with Gasteiger partial charge in [0.1, 0.15) is 11.2 Å². The highest BCUT2D eigenvalue weighted by Crippen LogP contribution is 2.19. The van der Waals surface area contributed by atoms with E-state index in [4.69, 9.17) is 9.41 Å². The third-order valence-electron chi connectivity index (χ3n) is 3.90. The Kier molecular flexibility index (Phi) is 4.68. The van der Waals surface area contributed by atoms with Crippen LogP contribution in [0.3, 0.4) is 0 Å². The van der Waals surface area contributed by atoms with E-state index >= 15 is 0 Å². The van der Waals surface area contributed by atoms with E-state index in [2.05, 4.69) is 0 Å². The van der Waals surface area contributed by atoms with Crippen LogP contribution in [0.5, 0.6) is 0 Å². The molecule has 2 heterocycles. The van der Waals surface area contributed by atoms with Gasteiger partial charge in [-0.25, -0.2) is 0 Å². The molecule has 1 aliphatic carbocycles. The van der Waals surface area contributed by atoms with Gasteiger partial charge in [0.05, 0.1) is 12.3 Å². The van der Waals surface area contributed by atoms with Gasteiger partial charge in [-0.3, -0.25) is 14.4 Å². The second-order valence-corrected chi connectivity index (χ2v) is 5.54. The van der Waals surface area contributed by atoms with E-state index in [0.29, 0.717) is 11.8 Å². The van der Waals surface area contributed by atoms with Crippen molar-refractivity contribution in [1.29, 1.82) is 0 Å². The molecule has 3 rings (SSSR count). The van der Waals surface area contributed by atoms with Crippen LogP contribution in [0.2, 0.25) is 0 Å². The lowest BCUT2D eigenvalue weighted by molar-refractivity contribution is 0.0964. The van der Waals surface area contributed by atoms with Crippen LogP contribution < -0.4 is 5.49 Å². The predicted molar refractivity (Wildman–Crippen MR) is 85.2 cm³/mol. The molecule has 1 saturated carbocycles. The highest BCUT2D eigenvalue weighted by Gasteiger charge is 2.12. The van der Waals surface area contributed by atoms with E-state index in [9.17, 15) is 4.79 Å². The summed E-state index contributed by atoms with van der Waals surface area (Å²) in [7, 11) is 0. The van der Waals surface area contributed by atoms with Crippen molar-refractivity contribution < 1.29 is 9.21 Å². The van der Waals surface area contributed by atoms with Gasteiger partial charge in [-0.15, -0.1) is 0 Å². The molecule has 4 heteroatoms. The lowest BCUT2D eigenvalue weighted by Gasteiger charge is -2.17. The van der Waals surface area contributed by atoms with E-state index in [0.717, 1.165) is 18.3 Å². The Morgan fingerprint density at radius 3 is 2.82 bits per heavy atom. The maximum Gasteiger partial charge on any atom is 0.256 e. The van der Waals surface area contributed by atoms with Crippen LogP contribution in [0.25, 0.3) is 6.08 Å². The average molecular weight is 296 g/mol. The Balaban J connectivity index is 1.84. The number of hydrogen-bond acceptors (Lipinski definition) is 3. The third-order valence-corrected chi connectivity index (χ3v) is 3.90. The van der Waals surface area contributed by atoms with Crippen molar-refractivity contribution in [3.05, 3.63) is 60.1 Å². The Bertz CT molecular complexity index is 705. The number of rotatable bonds is 3. The van der Waals surface area contributed by atoms with Gasteiger partial charge in [0.15, 0.2) is 0 Å².